The smallest absolute Gasteiger partial charge is 0.264 e. The van der Waals surface area contributed by atoms with Crippen molar-refractivity contribution in [3.05, 3.63) is 88.9 Å². The van der Waals surface area contributed by atoms with Gasteiger partial charge in [0.05, 0.1) is 17.7 Å². The van der Waals surface area contributed by atoms with Crippen LogP contribution in [0.2, 0.25) is 5.02 Å². The van der Waals surface area contributed by atoms with Crippen LogP contribution in [0.4, 0.5) is 5.69 Å². The number of nitrogens with zero attached hydrogens (tertiary/aromatic N) is 2. The van der Waals surface area contributed by atoms with Crippen LogP contribution < -0.4 is 14.4 Å². The molecule has 3 rings (SSSR count). The van der Waals surface area contributed by atoms with Gasteiger partial charge in [0, 0.05) is 18.1 Å². The minimum Gasteiger partial charge on any atom is -0.497 e. The topological polar surface area (TPSA) is 96.0 Å². The van der Waals surface area contributed by atoms with Crippen LogP contribution >= 0.6 is 11.6 Å². The Bertz CT molecular complexity index is 1400. The Kier molecular flexibility index (Phi) is 11.0. The molecular weight excluding hydrogens is 550 g/mol. The number of sulfonamides is 1. The molecule has 1 unspecified atom stereocenters. The minimum atomic E-state index is -4.15. The van der Waals surface area contributed by atoms with Gasteiger partial charge in [0.25, 0.3) is 10.0 Å². The maximum absolute atomic E-state index is 13.9. The molecule has 0 radical (unpaired) electrons. The monoisotopic (exact) mass is 585 g/mol. The number of methoxy groups -OCH3 is 1. The summed E-state index contributed by atoms with van der Waals surface area (Å²) in [5, 5.41) is 3.27. The number of carbonyl (C=O) groups excluding carboxylic acids is 2. The second-order valence-corrected chi connectivity index (χ2v) is 11.8. The van der Waals surface area contributed by atoms with Crippen LogP contribution in [0, 0.1) is 6.92 Å². The maximum atomic E-state index is 13.9. The van der Waals surface area contributed by atoms with Gasteiger partial charge in [-0.2, -0.15) is 0 Å². The Hall–Kier alpha value is -3.56. The van der Waals surface area contributed by atoms with Crippen molar-refractivity contribution < 1.29 is 22.7 Å². The summed E-state index contributed by atoms with van der Waals surface area (Å²) in [5.74, 6) is -0.234. The maximum Gasteiger partial charge on any atom is 0.264 e. The predicted molar refractivity (Wildman–Crippen MR) is 158 cm³/mol. The van der Waals surface area contributed by atoms with Crippen LogP contribution in [0.15, 0.2) is 77.7 Å². The number of anilines is 1. The van der Waals surface area contributed by atoms with Gasteiger partial charge in [-0.15, -0.1) is 0 Å². The fraction of sp³-hybridized carbons (Fsp3) is 0.333. The van der Waals surface area contributed by atoms with E-state index < -0.39 is 28.5 Å². The first-order valence-electron chi connectivity index (χ1n) is 13.1. The molecule has 3 aromatic carbocycles. The van der Waals surface area contributed by atoms with Crippen LogP contribution in [0.25, 0.3) is 0 Å². The van der Waals surface area contributed by atoms with E-state index in [9.17, 15) is 18.0 Å². The molecule has 40 heavy (non-hydrogen) atoms. The standard InChI is InChI=1S/C30H36ClN3O5S/c1-5-6-18-32-30(36)23(3)33(20-24-8-7-9-27(19-24)39-4)29(35)21-34(26-14-10-22(2)11-15-26)40(37,38)28-16-12-25(31)13-17-28/h7-17,19,23H,5-6,18,20-21H2,1-4H3,(H,32,36). The van der Waals surface area contributed by atoms with Gasteiger partial charge in [0.2, 0.25) is 11.8 Å². The second-order valence-electron chi connectivity index (χ2n) is 9.49. The van der Waals surface area contributed by atoms with E-state index in [2.05, 4.69) is 5.32 Å². The van der Waals surface area contributed by atoms with Crippen LogP contribution in [0.1, 0.15) is 37.8 Å². The molecule has 1 N–H and O–H groups in total. The van der Waals surface area contributed by atoms with Gasteiger partial charge >= 0.3 is 0 Å². The number of amides is 2. The Morgan fingerprint density at radius 1 is 1.02 bits per heavy atom. The van der Waals surface area contributed by atoms with Crippen molar-refractivity contribution in [3.8, 4) is 5.75 Å². The molecule has 0 aliphatic carbocycles. The second kappa shape index (κ2) is 14.2. The molecule has 3 aromatic rings. The lowest BCUT2D eigenvalue weighted by molar-refractivity contribution is -0.139. The molecule has 214 valence electrons. The van der Waals surface area contributed by atoms with E-state index >= 15 is 0 Å². The first-order chi connectivity index (χ1) is 19.1. The van der Waals surface area contributed by atoms with E-state index in [1.54, 1.807) is 56.5 Å². The van der Waals surface area contributed by atoms with Gasteiger partial charge < -0.3 is 15.0 Å². The van der Waals surface area contributed by atoms with Gasteiger partial charge in [0.1, 0.15) is 18.3 Å². The lowest BCUT2D eigenvalue weighted by Gasteiger charge is -2.32. The molecule has 0 aliphatic heterocycles. The first kappa shape index (κ1) is 31.0. The fourth-order valence-corrected chi connectivity index (χ4v) is 5.60. The van der Waals surface area contributed by atoms with E-state index in [1.807, 2.05) is 19.9 Å². The summed E-state index contributed by atoms with van der Waals surface area (Å²) in [6, 6.07) is 19.0. The van der Waals surface area contributed by atoms with Crippen molar-refractivity contribution in [2.45, 2.75) is 51.1 Å². The lowest BCUT2D eigenvalue weighted by Crippen LogP contribution is -2.51. The highest BCUT2D eigenvalue weighted by Gasteiger charge is 2.32. The summed E-state index contributed by atoms with van der Waals surface area (Å²) in [6.07, 6.45) is 1.72. The van der Waals surface area contributed by atoms with Crippen molar-refractivity contribution in [2.24, 2.45) is 0 Å². The quantitative estimate of drug-likeness (QED) is 0.279. The highest BCUT2D eigenvalue weighted by molar-refractivity contribution is 7.92. The molecule has 0 fully saturated rings. The zero-order valence-electron chi connectivity index (χ0n) is 23.3. The summed E-state index contributed by atoms with van der Waals surface area (Å²) in [6.45, 7) is 5.62. The van der Waals surface area contributed by atoms with Crippen LogP contribution in [-0.2, 0) is 26.2 Å². The molecule has 10 heteroatoms. The van der Waals surface area contributed by atoms with Gasteiger partial charge in [-0.05, 0) is 74.4 Å². The number of rotatable bonds is 13. The average molecular weight is 586 g/mol. The molecule has 0 saturated carbocycles. The van der Waals surface area contributed by atoms with E-state index in [0.29, 0.717) is 23.0 Å². The van der Waals surface area contributed by atoms with Gasteiger partial charge in [-0.25, -0.2) is 8.42 Å². The number of unbranched alkanes of at least 4 members (excludes halogenated alkanes) is 1. The molecule has 0 heterocycles. The number of halogens is 1. The molecule has 0 spiro atoms. The predicted octanol–water partition coefficient (Wildman–Crippen LogP) is 5.19. The van der Waals surface area contributed by atoms with E-state index in [0.717, 1.165) is 28.3 Å². The van der Waals surface area contributed by atoms with Gasteiger partial charge in [0.15, 0.2) is 0 Å². The number of aryl methyl sites for hydroxylation is 1. The number of benzene rings is 3. The zero-order valence-corrected chi connectivity index (χ0v) is 24.8. The SMILES string of the molecule is CCCCNC(=O)C(C)N(Cc1cccc(OC)c1)C(=O)CN(c1ccc(C)cc1)S(=O)(=O)c1ccc(Cl)cc1. The number of hydrogen-bond acceptors (Lipinski definition) is 5. The van der Waals surface area contributed by atoms with E-state index in [-0.39, 0.29) is 17.3 Å². The molecule has 0 aliphatic rings. The Balaban J connectivity index is 2.00. The number of hydrogen-bond donors (Lipinski definition) is 1. The van der Waals surface area contributed by atoms with Crippen molar-refractivity contribution in [2.75, 3.05) is 24.5 Å². The lowest BCUT2D eigenvalue weighted by atomic mass is 10.1. The van der Waals surface area contributed by atoms with Crippen molar-refractivity contribution >= 4 is 39.1 Å². The number of ether oxygens (including phenoxy) is 1. The molecule has 1 atom stereocenters. The molecule has 0 aromatic heterocycles. The highest BCUT2D eigenvalue weighted by Crippen LogP contribution is 2.26. The minimum absolute atomic E-state index is 0.00465. The van der Waals surface area contributed by atoms with Crippen LogP contribution in [0.5, 0.6) is 5.75 Å². The molecule has 8 nitrogen and oxygen atoms in total. The molecule has 2 amide bonds. The Morgan fingerprint density at radius 2 is 1.70 bits per heavy atom. The number of carbonyl (C=O) groups is 2. The van der Waals surface area contributed by atoms with Crippen LogP contribution in [-0.4, -0.2) is 51.4 Å². The molecule has 0 bridgehead atoms. The largest absolute Gasteiger partial charge is 0.497 e. The summed E-state index contributed by atoms with van der Waals surface area (Å²) in [4.78, 5) is 28.4. The summed E-state index contributed by atoms with van der Waals surface area (Å²) < 4.78 is 34.0. The third-order valence-electron chi connectivity index (χ3n) is 6.49. The summed E-state index contributed by atoms with van der Waals surface area (Å²) in [7, 11) is -2.60. The zero-order chi connectivity index (χ0) is 29.3. The average Bonchev–Trinajstić information content (AvgIpc) is 2.95. The van der Waals surface area contributed by atoms with Gasteiger partial charge in [-0.3, -0.25) is 13.9 Å². The molecular formula is C30H36ClN3O5S. The number of nitrogens with one attached hydrogen (secondary N) is 1. The fourth-order valence-electron chi connectivity index (χ4n) is 4.06. The summed E-state index contributed by atoms with van der Waals surface area (Å²) >= 11 is 5.99. The first-order valence-corrected chi connectivity index (χ1v) is 14.9. The van der Waals surface area contributed by atoms with Crippen LogP contribution in [0.3, 0.4) is 0 Å². The van der Waals surface area contributed by atoms with Gasteiger partial charge in [-0.1, -0.05) is 54.8 Å². The van der Waals surface area contributed by atoms with Crippen molar-refractivity contribution in [1.29, 1.82) is 0 Å². The van der Waals surface area contributed by atoms with Crippen molar-refractivity contribution in [3.63, 3.8) is 0 Å². The molecule has 0 saturated heterocycles. The third-order valence-corrected chi connectivity index (χ3v) is 8.53. The Labute approximate surface area is 241 Å². The van der Waals surface area contributed by atoms with E-state index in [1.165, 1.54) is 29.2 Å². The van der Waals surface area contributed by atoms with Crippen molar-refractivity contribution in [1.82, 2.24) is 10.2 Å². The summed E-state index contributed by atoms with van der Waals surface area (Å²) in [5.41, 5.74) is 2.01. The third kappa shape index (κ3) is 7.99. The highest BCUT2D eigenvalue weighted by atomic mass is 35.5. The normalized spacial score (nSPS) is 11.9. The Morgan fingerprint density at radius 3 is 2.33 bits per heavy atom. The van der Waals surface area contributed by atoms with E-state index in [4.69, 9.17) is 16.3 Å².